The van der Waals surface area contributed by atoms with E-state index < -0.39 is 68.4 Å². The van der Waals surface area contributed by atoms with Crippen LogP contribution in [0, 0.1) is 11.6 Å². The van der Waals surface area contributed by atoms with Crippen molar-refractivity contribution in [3.05, 3.63) is 145 Å². The third-order valence-electron chi connectivity index (χ3n) is 10.2. The van der Waals surface area contributed by atoms with Gasteiger partial charge in [0.05, 0.1) is 46.3 Å². The second kappa shape index (κ2) is 21.8. The molecule has 0 saturated heterocycles. The minimum atomic E-state index is -4.60. The van der Waals surface area contributed by atoms with Crippen molar-refractivity contribution in [3.63, 3.8) is 0 Å². The lowest BCUT2D eigenvalue weighted by Crippen LogP contribution is -2.18. The molecule has 6 N–H and O–H groups in total. The number of hydrogen-bond acceptors (Lipinski definition) is 15. The molecule has 2 amide bonds. The van der Waals surface area contributed by atoms with Crippen molar-refractivity contribution < 1.29 is 58.3 Å². The Hall–Kier alpha value is -8.94. The van der Waals surface area contributed by atoms with Crippen LogP contribution in [0.15, 0.2) is 122 Å². The van der Waals surface area contributed by atoms with E-state index in [9.17, 15) is 40.5 Å². The van der Waals surface area contributed by atoms with E-state index in [4.69, 9.17) is 9.05 Å². The molecular formula is C46H36F8N14O5P+. The van der Waals surface area contributed by atoms with Gasteiger partial charge in [-0.1, -0.05) is 24.3 Å². The molecule has 19 nitrogen and oxygen atoms in total. The molecule has 4 heterocycles. The average Bonchev–Trinajstić information content (AvgIpc) is 3.97. The second-order valence-electron chi connectivity index (χ2n) is 15.6. The summed E-state index contributed by atoms with van der Waals surface area (Å²) in [7, 11) is 0.269. The predicted molar refractivity (Wildman–Crippen MR) is 254 cm³/mol. The summed E-state index contributed by atoms with van der Waals surface area (Å²) in [5.41, 5.74) is -0.349. The van der Waals surface area contributed by atoms with Crippen molar-refractivity contribution in [1.29, 1.82) is 0 Å². The first-order valence-electron chi connectivity index (χ1n) is 21.3. The topological polar surface area (TPSA) is 229 Å². The summed E-state index contributed by atoms with van der Waals surface area (Å²) >= 11 is 0. The van der Waals surface area contributed by atoms with Gasteiger partial charge in [-0.3, -0.25) is 19.0 Å². The van der Waals surface area contributed by atoms with Crippen LogP contribution in [-0.2, 0) is 49.6 Å². The number of halogens is 8. The number of rotatable bonds is 18. The number of amides is 2. The molecule has 0 aliphatic carbocycles. The SMILES string of the molecule is Cn1cc(Nc2ncc(-c3ccc(C(F)(F)F)cc3)c(Nc3cc(NC(=O)CO[P+](=O)OCC(=O)Nc4ccc(F)c(Nc5nc(Nc6cnn(C)c6)ncc5-c5ccc(C(F)(F)F)cc5)c4)ccc3F)n2)cn1. The van der Waals surface area contributed by atoms with Crippen molar-refractivity contribution in [3.8, 4) is 22.3 Å². The normalized spacial score (nSPS) is 11.5. The molecule has 0 fully saturated rings. The number of nitrogens with one attached hydrogen (secondary N) is 6. The third-order valence-corrected chi connectivity index (χ3v) is 10.8. The maximum atomic E-state index is 15.3. The molecule has 0 atom stereocenters. The molecule has 74 heavy (non-hydrogen) atoms. The van der Waals surface area contributed by atoms with Gasteiger partial charge < -0.3 is 31.9 Å². The number of hydrogen-bond donors (Lipinski definition) is 6. The van der Waals surface area contributed by atoms with Crippen LogP contribution < -0.4 is 31.9 Å². The smallest absolute Gasteiger partial charge is 0.337 e. The Morgan fingerprint density at radius 3 is 1.30 bits per heavy atom. The Morgan fingerprint density at radius 1 is 0.554 bits per heavy atom. The van der Waals surface area contributed by atoms with Gasteiger partial charge in [0.1, 0.15) is 23.3 Å². The van der Waals surface area contributed by atoms with Crippen LogP contribution in [0.2, 0.25) is 0 Å². The molecule has 0 bridgehead atoms. The van der Waals surface area contributed by atoms with Crippen molar-refractivity contribution in [1.82, 2.24) is 39.5 Å². The number of nitrogens with zero attached hydrogens (tertiary/aromatic N) is 8. The lowest BCUT2D eigenvalue weighted by atomic mass is 10.1. The molecular weight excluding hydrogens is 1010 g/mol. The molecule has 28 heteroatoms. The van der Waals surface area contributed by atoms with Crippen molar-refractivity contribution in [2.75, 3.05) is 45.1 Å². The molecule has 380 valence electrons. The largest absolute Gasteiger partial charge is 0.698 e. The Morgan fingerprint density at radius 2 is 0.946 bits per heavy atom. The Labute approximate surface area is 413 Å². The summed E-state index contributed by atoms with van der Waals surface area (Å²) in [4.78, 5) is 43.0. The van der Waals surface area contributed by atoms with Crippen molar-refractivity contribution >= 4 is 77.7 Å². The number of alkyl halides is 6. The minimum absolute atomic E-state index is 0.0161. The fourth-order valence-corrected chi connectivity index (χ4v) is 7.23. The van der Waals surface area contributed by atoms with E-state index in [1.54, 1.807) is 26.5 Å². The number of carbonyl (C=O) groups excluding carboxylic acids is 2. The third kappa shape index (κ3) is 13.3. The summed E-state index contributed by atoms with van der Waals surface area (Å²) in [5, 5.41) is 24.5. The molecule has 0 radical (unpaired) electrons. The van der Waals surface area contributed by atoms with Gasteiger partial charge in [-0.15, -0.1) is 9.05 Å². The van der Waals surface area contributed by atoms with Gasteiger partial charge in [0.25, 0.3) is 11.8 Å². The fraction of sp³-hybridized carbons (Fsp3) is 0.130. The van der Waals surface area contributed by atoms with Gasteiger partial charge in [0, 0.05) is 65.9 Å². The Balaban J connectivity index is 0.878. The van der Waals surface area contributed by atoms with Crippen LogP contribution in [0.5, 0.6) is 0 Å². The first-order valence-corrected chi connectivity index (χ1v) is 22.4. The summed E-state index contributed by atoms with van der Waals surface area (Å²) in [6.45, 7) is -1.73. The molecule has 4 aromatic heterocycles. The molecule has 0 spiro atoms. The maximum Gasteiger partial charge on any atom is 0.698 e. The van der Waals surface area contributed by atoms with E-state index in [1.807, 2.05) is 0 Å². The highest BCUT2D eigenvalue weighted by Gasteiger charge is 2.31. The van der Waals surface area contributed by atoms with E-state index in [2.05, 4.69) is 62.0 Å². The zero-order valence-electron chi connectivity index (χ0n) is 38.1. The molecule has 8 aromatic rings. The molecule has 0 aliphatic heterocycles. The van der Waals surface area contributed by atoms with Gasteiger partial charge >= 0.3 is 20.6 Å². The lowest BCUT2D eigenvalue weighted by molar-refractivity contribution is -0.138. The lowest BCUT2D eigenvalue weighted by Gasteiger charge is -2.15. The fourth-order valence-electron chi connectivity index (χ4n) is 6.71. The molecule has 0 unspecified atom stereocenters. The summed E-state index contributed by atoms with van der Waals surface area (Å²) in [5.74, 6) is -3.43. The van der Waals surface area contributed by atoms with Crippen LogP contribution in [0.1, 0.15) is 11.1 Å². The van der Waals surface area contributed by atoms with E-state index in [-0.39, 0.29) is 68.5 Å². The van der Waals surface area contributed by atoms with Gasteiger partial charge in [0.2, 0.25) is 11.9 Å². The monoisotopic (exact) mass is 1050 g/mol. The van der Waals surface area contributed by atoms with E-state index in [0.29, 0.717) is 11.4 Å². The van der Waals surface area contributed by atoms with Gasteiger partial charge in [0.15, 0.2) is 13.2 Å². The van der Waals surface area contributed by atoms with Crippen molar-refractivity contribution in [2.45, 2.75) is 12.4 Å². The first-order chi connectivity index (χ1) is 35.2. The predicted octanol–water partition coefficient (Wildman–Crippen LogP) is 10.6. The zero-order chi connectivity index (χ0) is 52.7. The van der Waals surface area contributed by atoms with Crippen molar-refractivity contribution in [2.24, 2.45) is 14.1 Å². The van der Waals surface area contributed by atoms with Crippen LogP contribution in [0.4, 0.5) is 92.8 Å². The van der Waals surface area contributed by atoms with Gasteiger partial charge in [-0.25, -0.2) is 18.7 Å². The first kappa shape index (κ1) is 51.4. The highest BCUT2D eigenvalue weighted by molar-refractivity contribution is 7.33. The highest BCUT2D eigenvalue weighted by Crippen LogP contribution is 2.37. The quantitative estimate of drug-likeness (QED) is 0.0347. The molecule has 0 saturated carbocycles. The number of aromatic nitrogens is 8. The van der Waals surface area contributed by atoms with E-state index >= 15 is 8.78 Å². The average molecular weight is 1050 g/mol. The zero-order valence-corrected chi connectivity index (χ0v) is 38.9. The summed E-state index contributed by atoms with van der Waals surface area (Å²) in [6, 6.07) is 15.0. The Bertz CT molecular complexity index is 3140. The maximum absolute atomic E-state index is 15.3. The van der Waals surface area contributed by atoms with Crippen LogP contribution in [-0.4, -0.2) is 64.5 Å². The number of aryl methyl sites for hydroxylation is 2. The summed E-state index contributed by atoms with van der Waals surface area (Å²) < 4.78 is 136. The second-order valence-corrected chi connectivity index (χ2v) is 16.6. The number of benzene rings is 4. The Kier molecular flexibility index (Phi) is 15.2. The number of carbonyl (C=O) groups is 2. The van der Waals surface area contributed by atoms with Gasteiger partial charge in [-0.05, 0) is 71.8 Å². The number of anilines is 10. The van der Waals surface area contributed by atoms with Crippen LogP contribution >= 0.6 is 8.25 Å². The summed E-state index contributed by atoms with van der Waals surface area (Å²) in [6.07, 6.45) is -0.347. The molecule has 4 aromatic carbocycles. The minimum Gasteiger partial charge on any atom is -0.337 e. The molecule has 0 aliphatic rings. The van der Waals surface area contributed by atoms with Gasteiger partial charge in [-0.2, -0.15) is 46.5 Å². The standard InChI is InChI=1S/C46H35F8N14O5P/c1-67-21-31(17-57-67)61-43-55-19-33(25-3-7-27(8-4-25)45(49,50)51)41(65-43)63-37-15-29(11-13-35(37)47)59-39(69)23-72-74(71)73-24-40(70)60-30-12-14-36(48)38(16-30)64-42-34(26-5-9-28(10-6-26)46(52,53)54)20-56-44(66-42)62-32-18-58-68(2)22-32/h3-22H,23-24H2,1-2H3,(H5-,55,56,59,60,61,62,63,64,65,66,69,70)/p+1. The molecule has 8 rings (SSSR count). The van der Waals surface area contributed by atoms with Crippen LogP contribution in [0.3, 0.4) is 0 Å². The highest BCUT2D eigenvalue weighted by atomic mass is 31.1. The van der Waals surface area contributed by atoms with E-state index in [0.717, 1.165) is 36.4 Å². The van der Waals surface area contributed by atoms with E-state index in [1.165, 1.54) is 82.7 Å². The van der Waals surface area contributed by atoms with Crippen LogP contribution in [0.25, 0.3) is 22.3 Å².